The van der Waals surface area contributed by atoms with Crippen molar-refractivity contribution in [3.05, 3.63) is 34.9 Å². The molecule has 0 bridgehead atoms. The van der Waals surface area contributed by atoms with E-state index in [1.165, 1.54) is 11.1 Å². The van der Waals surface area contributed by atoms with Crippen molar-refractivity contribution < 1.29 is 9.84 Å². The number of ether oxygens (including phenoxy) is 1. The minimum absolute atomic E-state index is 0.116. The molecule has 2 unspecified atom stereocenters. The Labute approximate surface area is 108 Å². The average Bonchev–Trinajstić information content (AvgIpc) is 2.73. The summed E-state index contributed by atoms with van der Waals surface area (Å²) in [5, 5.41) is 14.3. The maximum absolute atomic E-state index is 10.9. The van der Waals surface area contributed by atoms with Crippen LogP contribution in [0, 0.1) is 0 Å². The molecule has 2 heterocycles. The van der Waals surface area contributed by atoms with E-state index in [9.17, 15) is 5.11 Å². The Bertz CT molecular complexity index is 448. The van der Waals surface area contributed by atoms with Crippen LogP contribution in [-0.4, -0.2) is 17.3 Å². The van der Waals surface area contributed by atoms with E-state index >= 15 is 0 Å². The summed E-state index contributed by atoms with van der Waals surface area (Å²) in [6.45, 7) is 5.94. The van der Waals surface area contributed by atoms with Crippen molar-refractivity contribution in [2.45, 2.75) is 57.6 Å². The molecule has 0 saturated carbocycles. The van der Waals surface area contributed by atoms with Gasteiger partial charge in [0.15, 0.2) is 0 Å². The van der Waals surface area contributed by atoms with Crippen molar-refractivity contribution in [1.29, 1.82) is 0 Å². The lowest BCUT2D eigenvalue weighted by Crippen LogP contribution is -2.41. The Morgan fingerprint density at radius 3 is 2.56 bits per heavy atom. The van der Waals surface area contributed by atoms with Gasteiger partial charge < -0.3 is 15.2 Å². The van der Waals surface area contributed by atoms with Gasteiger partial charge in [0, 0.05) is 25.9 Å². The first-order valence-electron chi connectivity index (χ1n) is 6.78. The maximum atomic E-state index is 10.9. The Morgan fingerprint density at radius 2 is 1.83 bits per heavy atom. The number of nitrogens with one attached hydrogen (secondary N) is 1. The molecular formula is C15H21NO2. The van der Waals surface area contributed by atoms with E-state index in [1.54, 1.807) is 0 Å². The van der Waals surface area contributed by atoms with Crippen molar-refractivity contribution >= 4 is 0 Å². The summed E-state index contributed by atoms with van der Waals surface area (Å²) < 4.78 is 5.72. The SMILES string of the molecule is CC1CC(O)(c2ccc3c(c2)CNC3)CC(C)O1. The van der Waals surface area contributed by atoms with Crippen LogP contribution in [0.15, 0.2) is 18.2 Å². The second-order valence-electron chi connectivity index (χ2n) is 5.78. The summed E-state index contributed by atoms with van der Waals surface area (Å²) in [4.78, 5) is 0. The molecule has 0 aromatic heterocycles. The van der Waals surface area contributed by atoms with Crippen LogP contribution in [0.5, 0.6) is 0 Å². The van der Waals surface area contributed by atoms with E-state index in [4.69, 9.17) is 4.74 Å². The van der Waals surface area contributed by atoms with Crippen LogP contribution in [0.25, 0.3) is 0 Å². The predicted octanol–water partition coefficient (Wildman–Crippen LogP) is 2.06. The largest absolute Gasteiger partial charge is 0.385 e. The van der Waals surface area contributed by atoms with E-state index < -0.39 is 5.60 Å². The molecule has 1 fully saturated rings. The molecule has 3 rings (SSSR count). The van der Waals surface area contributed by atoms with E-state index in [0.717, 1.165) is 18.7 Å². The fourth-order valence-corrected chi connectivity index (χ4v) is 3.35. The van der Waals surface area contributed by atoms with Gasteiger partial charge in [-0.3, -0.25) is 0 Å². The van der Waals surface area contributed by atoms with Crippen molar-refractivity contribution in [3.8, 4) is 0 Å². The van der Waals surface area contributed by atoms with Crippen molar-refractivity contribution in [2.24, 2.45) is 0 Å². The molecule has 3 heteroatoms. The Balaban J connectivity index is 1.93. The molecule has 0 amide bonds. The van der Waals surface area contributed by atoms with Crippen LogP contribution >= 0.6 is 0 Å². The number of rotatable bonds is 1. The lowest BCUT2D eigenvalue weighted by molar-refractivity contribution is -0.135. The molecule has 2 aliphatic heterocycles. The molecule has 1 aromatic carbocycles. The summed E-state index contributed by atoms with van der Waals surface area (Å²) in [6.07, 6.45) is 1.60. The summed E-state index contributed by atoms with van der Waals surface area (Å²) in [7, 11) is 0. The Kier molecular flexibility index (Phi) is 2.93. The predicted molar refractivity (Wildman–Crippen MR) is 70.1 cm³/mol. The van der Waals surface area contributed by atoms with E-state index in [1.807, 2.05) is 13.8 Å². The van der Waals surface area contributed by atoms with Gasteiger partial charge in [0.05, 0.1) is 17.8 Å². The summed E-state index contributed by atoms with van der Waals surface area (Å²) in [5.74, 6) is 0. The van der Waals surface area contributed by atoms with E-state index in [2.05, 4.69) is 23.5 Å². The molecule has 1 saturated heterocycles. The van der Waals surface area contributed by atoms with Gasteiger partial charge in [0.1, 0.15) is 0 Å². The summed E-state index contributed by atoms with van der Waals surface area (Å²) >= 11 is 0. The van der Waals surface area contributed by atoms with Gasteiger partial charge in [-0.15, -0.1) is 0 Å². The molecule has 2 atom stereocenters. The number of benzene rings is 1. The second-order valence-corrected chi connectivity index (χ2v) is 5.78. The third-order valence-electron chi connectivity index (χ3n) is 4.09. The molecule has 18 heavy (non-hydrogen) atoms. The van der Waals surface area contributed by atoms with E-state index in [-0.39, 0.29) is 12.2 Å². The standard InChI is InChI=1S/C15H21NO2/c1-10-6-15(17,7-11(2)18-10)14-4-3-12-8-16-9-13(12)5-14/h3-5,10-11,16-17H,6-9H2,1-2H3. The van der Waals surface area contributed by atoms with Crippen molar-refractivity contribution in [2.75, 3.05) is 0 Å². The molecule has 3 nitrogen and oxygen atoms in total. The lowest BCUT2D eigenvalue weighted by Gasteiger charge is -2.39. The van der Waals surface area contributed by atoms with Gasteiger partial charge in [0.25, 0.3) is 0 Å². The van der Waals surface area contributed by atoms with Crippen LogP contribution in [0.3, 0.4) is 0 Å². The molecule has 2 aliphatic rings. The highest BCUT2D eigenvalue weighted by Gasteiger charge is 2.38. The molecule has 0 aliphatic carbocycles. The van der Waals surface area contributed by atoms with Gasteiger partial charge in [-0.05, 0) is 30.5 Å². The average molecular weight is 247 g/mol. The van der Waals surface area contributed by atoms with Gasteiger partial charge in [-0.2, -0.15) is 0 Å². The first-order chi connectivity index (χ1) is 8.57. The highest BCUT2D eigenvalue weighted by Crippen LogP contribution is 2.38. The first kappa shape index (κ1) is 12.2. The van der Waals surface area contributed by atoms with Crippen molar-refractivity contribution in [3.63, 3.8) is 0 Å². The van der Waals surface area contributed by atoms with Gasteiger partial charge in [-0.25, -0.2) is 0 Å². The monoisotopic (exact) mass is 247 g/mol. The van der Waals surface area contributed by atoms with Crippen LogP contribution < -0.4 is 5.32 Å². The van der Waals surface area contributed by atoms with Gasteiger partial charge >= 0.3 is 0 Å². The van der Waals surface area contributed by atoms with E-state index in [0.29, 0.717) is 12.8 Å². The van der Waals surface area contributed by atoms with Crippen LogP contribution in [0.1, 0.15) is 43.4 Å². The smallest absolute Gasteiger partial charge is 0.0945 e. The van der Waals surface area contributed by atoms with Gasteiger partial charge in [0.2, 0.25) is 0 Å². The van der Waals surface area contributed by atoms with Crippen LogP contribution in [0.2, 0.25) is 0 Å². The van der Waals surface area contributed by atoms with Crippen molar-refractivity contribution in [1.82, 2.24) is 5.32 Å². The summed E-state index contributed by atoms with van der Waals surface area (Å²) in [5.41, 5.74) is 3.00. The fraction of sp³-hybridized carbons (Fsp3) is 0.600. The molecule has 0 spiro atoms. The fourth-order valence-electron chi connectivity index (χ4n) is 3.35. The molecular weight excluding hydrogens is 226 g/mol. The molecule has 1 aromatic rings. The molecule has 2 N–H and O–H groups in total. The molecule has 98 valence electrons. The highest BCUT2D eigenvalue weighted by atomic mass is 16.5. The molecule has 0 radical (unpaired) electrons. The van der Waals surface area contributed by atoms with Crippen LogP contribution in [0.4, 0.5) is 0 Å². The zero-order valence-corrected chi connectivity index (χ0v) is 11.1. The Hall–Kier alpha value is -0.900. The zero-order chi connectivity index (χ0) is 12.8. The zero-order valence-electron chi connectivity index (χ0n) is 11.1. The quantitative estimate of drug-likeness (QED) is 0.798. The number of hydrogen-bond donors (Lipinski definition) is 2. The minimum atomic E-state index is -0.727. The maximum Gasteiger partial charge on any atom is 0.0945 e. The highest BCUT2D eigenvalue weighted by molar-refractivity contribution is 5.37. The summed E-state index contributed by atoms with van der Waals surface area (Å²) in [6, 6.07) is 6.39. The Morgan fingerprint density at radius 1 is 1.17 bits per heavy atom. The number of fused-ring (bicyclic) bond motifs is 1. The van der Waals surface area contributed by atoms with Crippen LogP contribution in [-0.2, 0) is 23.4 Å². The third kappa shape index (κ3) is 2.07. The third-order valence-corrected chi connectivity index (χ3v) is 4.09. The number of aliphatic hydroxyl groups is 1. The second kappa shape index (κ2) is 4.34. The minimum Gasteiger partial charge on any atom is -0.385 e. The number of hydrogen-bond acceptors (Lipinski definition) is 3. The lowest BCUT2D eigenvalue weighted by atomic mass is 9.81. The topological polar surface area (TPSA) is 41.5 Å². The first-order valence-corrected chi connectivity index (χ1v) is 6.78. The normalized spacial score (nSPS) is 35.5. The van der Waals surface area contributed by atoms with Gasteiger partial charge in [-0.1, -0.05) is 18.2 Å².